The molecule has 1 nitrogen and oxygen atoms in total. The second-order valence-electron chi connectivity index (χ2n) is 3.86. The Morgan fingerprint density at radius 1 is 1.00 bits per heavy atom. The smallest absolute Gasteiger partial charge is 0.0471 e. The van der Waals surface area contributed by atoms with Crippen LogP contribution in [0, 0.1) is 0 Å². The first-order valence-corrected chi connectivity index (χ1v) is 6.91. The van der Waals surface area contributed by atoms with Crippen LogP contribution in [-0.4, -0.2) is 18.0 Å². The van der Waals surface area contributed by atoms with E-state index in [9.17, 15) is 0 Å². The van der Waals surface area contributed by atoms with E-state index in [0.717, 1.165) is 0 Å². The van der Waals surface area contributed by atoms with E-state index in [2.05, 4.69) is 42.7 Å². The number of benzene rings is 2. The zero-order valence-corrected chi connectivity index (χ0v) is 10.7. The van der Waals surface area contributed by atoms with E-state index in [-0.39, 0.29) is 6.61 Å². The van der Waals surface area contributed by atoms with Crippen molar-refractivity contribution in [3.05, 3.63) is 54.1 Å². The van der Waals surface area contributed by atoms with Crippen LogP contribution in [0.1, 0.15) is 5.56 Å². The molecule has 17 heavy (non-hydrogen) atoms. The first-order valence-electron chi connectivity index (χ1n) is 5.68. The summed E-state index contributed by atoms with van der Waals surface area (Å²) in [5.41, 5.74) is 3.63. The predicted octanol–water partition coefficient (Wildman–Crippen LogP) is 3.61. The zero-order chi connectivity index (χ0) is 12.1. The molecular formula is C15H16OS. The third-order valence-corrected chi connectivity index (χ3v) is 3.54. The Morgan fingerprint density at radius 3 is 2.35 bits per heavy atom. The van der Waals surface area contributed by atoms with Crippen molar-refractivity contribution < 1.29 is 5.11 Å². The lowest BCUT2D eigenvalue weighted by molar-refractivity contribution is 0.300. The maximum atomic E-state index is 9.07. The largest absolute Gasteiger partial charge is 0.396 e. The lowest BCUT2D eigenvalue weighted by Gasteiger charge is -2.09. The molecule has 2 heteroatoms. The van der Waals surface area contributed by atoms with Gasteiger partial charge in [0, 0.05) is 11.5 Å². The predicted molar refractivity (Wildman–Crippen MR) is 74.4 cm³/mol. The summed E-state index contributed by atoms with van der Waals surface area (Å²) in [5, 5.41) is 9.07. The average molecular weight is 244 g/mol. The van der Waals surface area contributed by atoms with Gasteiger partial charge in [-0.25, -0.2) is 0 Å². The van der Waals surface area contributed by atoms with Gasteiger partial charge in [0.1, 0.15) is 0 Å². The lowest BCUT2D eigenvalue weighted by Crippen LogP contribution is -1.93. The van der Waals surface area contributed by atoms with Crippen LogP contribution in [0.4, 0.5) is 0 Å². The summed E-state index contributed by atoms with van der Waals surface area (Å²) in [4.78, 5) is 1.27. The SMILES string of the molecule is CSc1ccc(-c2ccccc2CCO)cc1. The molecule has 0 saturated heterocycles. The van der Waals surface area contributed by atoms with Crippen LogP contribution in [0.5, 0.6) is 0 Å². The van der Waals surface area contributed by atoms with Gasteiger partial charge in [-0.15, -0.1) is 11.8 Å². The Labute approximate surface area is 107 Å². The van der Waals surface area contributed by atoms with Crippen molar-refractivity contribution in [2.75, 3.05) is 12.9 Å². The van der Waals surface area contributed by atoms with Crippen LogP contribution in [0.25, 0.3) is 11.1 Å². The molecule has 0 spiro atoms. The van der Waals surface area contributed by atoms with E-state index in [1.54, 1.807) is 11.8 Å². The van der Waals surface area contributed by atoms with Crippen LogP contribution in [0.15, 0.2) is 53.4 Å². The van der Waals surface area contributed by atoms with Crippen LogP contribution in [0.2, 0.25) is 0 Å². The summed E-state index contributed by atoms with van der Waals surface area (Å²) in [5.74, 6) is 0. The van der Waals surface area contributed by atoms with Crippen molar-refractivity contribution in [2.45, 2.75) is 11.3 Å². The van der Waals surface area contributed by atoms with Gasteiger partial charge in [-0.1, -0.05) is 36.4 Å². The van der Waals surface area contributed by atoms with Gasteiger partial charge < -0.3 is 5.11 Å². The highest BCUT2D eigenvalue weighted by atomic mass is 32.2. The summed E-state index contributed by atoms with van der Waals surface area (Å²) in [6.45, 7) is 0.194. The molecule has 0 amide bonds. The van der Waals surface area contributed by atoms with Gasteiger partial charge in [0.2, 0.25) is 0 Å². The third-order valence-electron chi connectivity index (χ3n) is 2.80. The molecule has 1 N–H and O–H groups in total. The minimum atomic E-state index is 0.194. The standard InChI is InChI=1S/C15H16OS/c1-17-14-8-6-13(7-9-14)15-5-3-2-4-12(15)10-11-16/h2-9,16H,10-11H2,1H3. The van der Waals surface area contributed by atoms with Crippen LogP contribution in [-0.2, 0) is 6.42 Å². The Kier molecular flexibility index (Phi) is 4.24. The van der Waals surface area contributed by atoms with E-state index in [1.807, 2.05) is 12.1 Å². The molecular weight excluding hydrogens is 228 g/mol. The Morgan fingerprint density at radius 2 is 1.71 bits per heavy atom. The molecule has 0 aliphatic carbocycles. The molecule has 0 aliphatic heterocycles. The number of hydrogen-bond acceptors (Lipinski definition) is 2. The summed E-state index contributed by atoms with van der Waals surface area (Å²) >= 11 is 1.75. The Balaban J connectivity index is 2.37. The first-order chi connectivity index (χ1) is 8.35. The molecule has 2 rings (SSSR count). The normalized spacial score (nSPS) is 10.5. The van der Waals surface area contributed by atoms with Crippen molar-refractivity contribution in [1.29, 1.82) is 0 Å². The third kappa shape index (κ3) is 2.90. The van der Waals surface area contributed by atoms with E-state index >= 15 is 0 Å². The number of rotatable bonds is 4. The molecule has 0 fully saturated rings. The van der Waals surface area contributed by atoms with E-state index in [4.69, 9.17) is 5.11 Å². The van der Waals surface area contributed by atoms with Crippen LogP contribution >= 0.6 is 11.8 Å². The molecule has 0 bridgehead atoms. The number of aliphatic hydroxyl groups excluding tert-OH is 1. The van der Waals surface area contributed by atoms with E-state index in [0.29, 0.717) is 6.42 Å². The maximum absolute atomic E-state index is 9.07. The van der Waals surface area contributed by atoms with Gasteiger partial charge in [-0.05, 0) is 41.5 Å². The second kappa shape index (κ2) is 5.89. The van der Waals surface area contributed by atoms with E-state index < -0.39 is 0 Å². The maximum Gasteiger partial charge on any atom is 0.0471 e. The zero-order valence-electron chi connectivity index (χ0n) is 9.89. The molecule has 0 saturated carbocycles. The van der Waals surface area contributed by atoms with Crippen LogP contribution < -0.4 is 0 Å². The highest BCUT2D eigenvalue weighted by Crippen LogP contribution is 2.26. The number of hydrogen-bond donors (Lipinski definition) is 1. The highest BCUT2D eigenvalue weighted by Gasteiger charge is 2.03. The first kappa shape index (κ1) is 12.2. The van der Waals surface area contributed by atoms with Gasteiger partial charge in [0.15, 0.2) is 0 Å². The second-order valence-corrected chi connectivity index (χ2v) is 4.74. The molecule has 2 aromatic carbocycles. The molecule has 0 aliphatic rings. The fourth-order valence-corrected chi connectivity index (χ4v) is 2.32. The fraction of sp³-hybridized carbons (Fsp3) is 0.200. The van der Waals surface area contributed by atoms with Crippen molar-refractivity contribution in [2.24, 2.45) is 0 Å². The Bertz CT molecular complexity index is 477. The minimum Gasteiger partial charge on any atom is -0.396 e. The van der Waals surface area contributed by atoms with Gasteiger partial charge in [-0.3, -0.25) is 0 Å². The quantitative estimate of drug-likeness (QED) is 0.829. The van der Waals surface area contributed by atoms with Crippen molar-refractivity contribution in [3.8, 4) is 11.1 Å². The molecule has 0 aromatic heterocycles. The topological polar surface area (TPSA) is 20.2 Å². The fourth-order valence-electron chi connectivity index (χ4n) is 1.91. The number of thioether (sulfide) groups is 1. The van der Waals surface area contributed by atoms with Gasteiger partial charge >= 0.3 is 0 Å². The molecule has 2 aromatic rings. The number of aliphatic hydroxyl groups is 1. The summed E-state index contributed by atoms with van der Waals surface area (Å²) in [7, 11) is 0. The molecule has 0 heterocycles. The molecule has 0 radical (unpaired) electrons. The summed E-state index contributed by atoms with van der Waals surface area (Å²) < 4.78 is 0. The Hall–Kier alpha value is -1.25. The average Bonchev–Trinajstić information content (AvgIpc) is 2.40. The van der Waals surface area contributed by atoms with E-state index in [1.165, 1.54) is 21.6 Å². The molecule has 0 unspecified atom stereocenters. The monoisotopic (exact) mass is 244 g/mol. The minimum absolute atomic E-state index is 0.194. The highest BCUT2D eigenvalue weighted by molar-refractivity contribution is 7.98. The summed E-state index contributed by atoms with van der Waals surface area (Å²) in [6, 6.07) is 16.8. The van der Waals surface area contributed by atoms with Crippen molar-refractivity contribution >= 4 is 11.8 Å². The molecule has 88 valence electrons. The molecule has 0 atom stereocenters. The van der Waals surface area contributed by atoms with Gasteiger partial charge in [0.05, 0.1) is 0 Å². The lowest BCUT2D eigenvalue weighted by atomic mass is 9.98. The van der Waals surface area contributed by atoms with Gasteiger partial charge in [0.25, 0.3) is 0 Å². The summed E-state index contributed by atoms with van der Waals surface area (Å²) in [6.07, 6.45) is 2.79. The van der Waals surface area contributed by atoms with Crippen molar-refractivity contribution in [3.63, 3.8) is 0 Å². The van der Waals surface area contributed by atoms with Gasteiger partial charge in [-0.2, -0.15) is 0 Å². The van der Waals surface area contributed by atoms with Crippen molar-refractivity contribution in [1.82, 2.24) is 0 Å². The van der Waals surface area contributed by atoms with Crippen LogP contribution in [0.3, 0.4) is 0 Å².